The second-order valence-electron chi connectivity index (χ2n) is 4.86. The second kappa shape index (κ2) is 5.66. The van der Waals surface area contributed by atoms with E-state index in [0.29, 0.717) is 12.1 Å². The van der Waals surface area contributed by atoms with Crippen LogP contribution in [0, 0.1) is 0 Å². The molecule has 5 heteroatoms. The van der Waals surface area contributed by atoms with Crippen molar-refractivity contribution in [3.05, 3.63) is 66.2 Å². The van der Waals surface area contributed by atoms with E-state index >= 15 is 0 Å². The summed E-state index contributed by atoms with van der Waals surface area (Å²) in [4.78, 5) is 12.1. The molecule has 0 unspecified atom stereocenters. The summed E-state index contributed by atoms with van der Waals surface area (Å²) in [6, 6.07) is 11.4. The highest BCUT2D eigenvalue weighted by molar-refractivity contribution is 5.94. The minimum absolute atomic E-state index is 0.0741. The van der Waals surface area contributed by atoms with Crippen molar-refractivity contribution in [1.82, 2.24) is 20.1 Å². The predicted molar refractivity (Wildman–Crippen MR) is 80.6 cm³/mol. The standard InChI is InChI=1S/C16H16N4O/c1-20-8-2-3-15(20)11-17-16(21)13-6-4-12(5-7-13)14-9-18-19-10-14/h2-10H,11H2,1H3,(H,17,21)(H,18,19). The fourth-order valence-electron chi connectivity index (χ4n) is 2.18. The van der Waals surface area contributed by atoms with Crippen LogP contribution in [0.3, 0.4) is 0 Å². The molecular weight excluding hydrogens is 264 g/mol. The minimum Gasteiger partial charge on any atom is -0.353 e. The molecule has 0 fully saturated rings. The number of hydrogen-bond acceptors (Lipinski definition) is 2. The van der Waals surface area contributed by atoms with Gasteiger partial charge in [-0.15, -0.1) is 0 Å². The number of aromatic amines is 1. The van der Waals surface area contributed by atoms with Gasteiger partial charge in [0.15, 0.2) is 0 Å². The summed E-state index contributed by atoms with van der Waals surface area (Å²) in [5, 5.41) is 9.61. The van der Waals surface area contributed by atoms with E-state index in [1.807, 2.05) is 60.4 Å². The number of benzene rings is 1. The average Bonchev–Trinajstić information content (AvgIpc) is 3.17. The number of carbonyl (C=O) groups is 1. The molecule has 2 heterocycles. The number of hydrogen-bond donors (Lipinski definition) is 2. The molecule has 2 aromatic heterocycles. The fourth-order valence-corrected chi connectivity index (χ4v) is 2.18. The molecule has 106 valence electrons. The number of aromatic nitrogens is 3. The summed E-state index contributed by atoms with van der Waals surface area (Å²) in [7, 11) is 1.96. The molecule has 0 radical (unpaired) electrons. The van der Waals surface area contributed by atoms with Crippen LogP contribution in [-0.2, 0) is 13.6 Å². The molecule has 0 atom stereocenters. The van der Waals surface area contributed by atoms with Crippen LogP contribution in [0.1, 0.15) is 16.1 Å². The van der Waals surface area contributed by atoms with E-state index in [1.165, 1.54) is 0 Å². The van der Waals surface area contributed by atoms with Gasteiger partial charge in [-0.3, -0.25) is 9.89 Å². The maximum atomic E-state index is 12.1. The summed E-state index contributed by atoms with van der Waals surface area (Å²) >= 11 is 0. The molecule has 0 aliphatic rings. The Hall–Kier alpha value is -2.82. The van der Waals surface area contributed by atoms with Gasteiger partial charge in [0.25, 0.3) is 5.91 Å². The summed E-state index contributed by atoms with van der Waals surface area (Å²) in [5.41, 5.74) is 3.75. The fraction of sp³-hybridized carbons (Fsp3) is 0.125. The zero-order chi connectivity index (χ0) is 14.7. The zero-order valence-corrected chi connectivity index (χ0v) is 11.7. The van der Waals surface area contributed by atoms with Gasteiger partial charge in [-0.1, -0.05) is 12.1 Å². The smallest absolute Gasteiger partial charge is 0.251 e. The van der Waals surface area contributed by atoms with Crippen molar-refractivity contribution in [2.45, 2.75) is 6.54 Å². The highest BCUT2D eigenvalue weighted by Gasteiger charge is 2.07. The van der Waals surface area contributed by atoms with Crippen molar-refractivity contribution in [2.75, 3.05) is 0 Å². The van der Waals surface area contributed by atoms with Gasteiger partial charge in [0.05, 0.1) is 12.7 Å². The van der Waals surface area contributed by atoms with E-state index in [-0.39, 0.29) is 5.91 Å². The molecule has 0 aliphatic carbocycles. The summed E-state index contributed by atoms with van der Waals surface area (Å²) < 4.78 is 1.99. The Labute approximate surface area is 122 Å². The molecule has 1 aromatic carbocycles. The monoisotopic (exact) mass is 280 g/mol. The molecule has 5 nitrogen and oxygen atoms in total. The van der Waals surface area contributed by atoms with Crippen molar-refractivity contribution in [2.24, 2.45) is 7.05 Å². The third-order valence-electron chi connectivity index (χ3n) is 3.46. The van der Waals surface area contributed by atoms with E-state index in [2.05, 4.69) is 15.5 Å². The highest BCUT2D eigenvalue weighted by Crippen LogP contribution is 2.17. The molecule has 0 saturated carbocycles. The molecule has 0 aliphatic heterocycles. The van der Waals surface area contributed by atoms with E-state index in [4.69, 9.17) is 0 Å². The minimum atomic E-state index is -0.0741. The van der Waals surface area contributed by atoms with E-state index in [1.54, 1.807) is 6.20 Å². The van der Waals surface area contributed by atoms with Crippen molar-refractivity contribution in [3.63, 3.8) is 0 Å². The first-order chi connectivity index (χ1) is 10.2. The molecule has 2 N–H and O–H groups in total. The number of carbonyl (C=O) groups excluding carboxylic acids is 1. The Balaban J connectivity index is 1.66. The van der Waals surface area contributed by atoms with Gasteiger partial charge in [-0.05, 0) is 29.8 Å². The maximum Gasteiger partial charge on any atom is 0.251 e. The first kappa shape index (κ1) is 13.2. The van der Waals surface area contributed by atoms with Crippen LogP contribution in [0.2, 0.25) is 0 Å². The molecular formula is C16H16N4O. The summed E-state index contributed by atoms with van der Waals surface area (Å²) in [6.45, 7) is 0.520. The van der Waals surface area contributed by atoms with Crippen LogP contribution in [0.15, 0.2) is 55.0 Å². The van der Waals surface area contributed by atoms with Gasteiger partial charge in [0.1, 0.15) is 0 Å². The lowest BCUT2D eigenvalue weighted by atomic mass is 10.1. The molecule has 0 spiro atoms. The molecule has 0 saturated heterocycles. The third kappa shape index (κ3) is 2.86. The number of rotatable bonds is 4. The lowest BCUT2D eigenvalue weighted by molar-refractivity contribution is 0.0950. The molecule has 3 aromatic rings. The Morgan fingerprint density at radius 1 is 1.24 bits per heavy atom. The zero-order valence-electron chi connectivity index (χ0n) is 11.7. The van der Waals surface area contributed by atoms with Gasteiger partial charge in [0.2, 0.25) is 0 Å². The number of nitrogens with one attached hydrogen (secondary N) is 2. The Morgan fingerprint density at radius 2 is 2.05 bits per heavy atom. The van der Waals surface area contributed by atoms with Crippen LogP contribution >= 0.6 is 0 Å². The van der Waals surface area contributed by atoms with Gasteiger partial charge < -0.3 is 9.88 Å². The van der Waals surface area contributed by atoms with Crippen LogP contribution in [0.4, 0.5) is 0 Å². The Bertz CT molecular complexity index is 726. The number of H-pyrrole nitrogens is 1. The quantitative estimate of drug-likeness (QED) is 0.770. The second-order valence-corrected chi connectivity index (χ2v) is 4.86. The Kier molecular flexibility index (Phi) is 3.55. The first-order valence-corrected chi connectivity index (χ1v) is 6.71. The van der Waals surface area contributed by atoms with Gasteiger partial charge in [0, 0.05) is 36.3 Å². The SMILES string of the molecule is Cn1cccc1CNC(=O)c1ccc(-c2cn[nH]c2)cc1. The van der Waals surface area contributed by atoms with Crippen molar-refractivity contribution in [3.8, 4) is 11.1 Å². The normalized spacial score (nSPS) is 10.5. The number of aryl methyl sites for hydroxylation is 1. The topological polar surface area (TPSA) is 62.7 Å². The average molecular weight is 280 g/mol. The molecule has 0 bridgehead atoms. The maximum absolute atomic E-state index is 12.1. The number of amides is 1. The molecule has 1 amide bonds. The predicted octanol–water partition coefficient (Wildman–Crippen LogP) is 2.35. The van der Waals surface area contributed by atoms with Crippen LogP contribution in [0.5, 0.6) is 0 Å². The highest BCUT2D eigenvalue weighted by atomic mass is 16.1. The van der Waals surface area contributed by atoms with E-state index in [0.717, 1.165) is 16.8 Å². The van der Waals surface area contributed by atoms with Crippen molar-refractivity contribution < 1.29 is 4.79 Å². The number of nitrogens with zero attached hydrogens (tertiary/aromatic N) is 2. The first-order valence-electron chi connectivity index (χ1n) is 6.71. The van der Waals surface area contributed by atoms with Gasteiger partial charge in [-0.25, -0.2) is 0 Å². The van der Waals surface area contributed by atoms with Crippen molar-refractivity contribution >= 4 is 5.91 Å². The Morgan fingerprint density at radius 3 is 2.67 bits per heavy atom. The molecule has 21 heavy (non-hydrogen) atoms. The largest absolute Gasteiger partial charge is 0.353 e. The van der Waals surface area contributed by atoms with Crippen LogP contribution in [-0.4, -0.2) is 20.7 Å². The van der Waals surface area contributed by atoms with E-state index in [9.17, 15) is 4.79 Å². The van der Waals surface area contributed by atoms with Crippen LogP contribution in [0.25, 0.3) is 11.1 Å². The van der Waals surface area contributed by atoms with Gasteiger partial charge in [-0.2, -0.15) is 5.10 Å². The van der Waals surface area contributed by atoms with Crippen molar-refractivity contribution in [1.29, 1.82) is 0 Å². The van der Waals surface area contributed by atoms with Gasteiger partial charge >= 0.3 is 0 Å². The van der Waals surface area contributed by atoms with E-state index < -0.39 is 0 Å². The summed E-state index contributed by atoms with van der Waals surface area (Å²) in [5.74, 6) is -0.0741. The summed E-state index contributed by atoms with van der Waals surface area (Å²) in [6.07, 6.45) is 5.54. The third-order valence-corrected chi connectivity index (χ3v) is 3.46. The lowest BCUT2D eigenvalue weighted by Crippen LogP contribution is -2.23. The lowest BCUT2D eigenvalue weighted by Gasteiger charge is -2.07. The van der Waals surface area contributed by atoms with Crippen LogP contribution < -0.4 is 5.32 Å². The molecule has 3 rings (SSSR count).